The summed E-state index contributed by atoms with van der Waals surface area (Å²) in [6.45, 7) is 0. The zero-order valence-corrected chi connectivity index (χ0v) is 15.9. The summed E-state index contributed by atoms with van der Waals surface area (Å²) in [7, 11) is 3.13. The molecule has 1 saturated carbocycles. The van der Waals surface area contributed by atoms with Crippen LogP contribution in [0.1, 0.15) is 45.4 Å². The monoisotopic (exact) mass is 393 g/mol. The lowest BCUT2D eigenvalue weighted by Crippen LogP contribution is -2.24. The van der Waals surface area contributed by atoms with Crippen LogP contribution in [-0.4, -0.2) is 48.6 Å². The zero-order chi connectivity index (χ0) is 20.4. The molecule has 2 amide bonds. The van der Waals surface area contributed by atoms with Gasteiger partial charge in [0.15, 0.2) is 11.5 Å². The Morgan fingerprint density at radius 3 is 2.62 bits per heavy atom. The van der Waals surface area contributed by atoms with Crippen molar-refractivity contribution in [1.29, 1.82) is 0 Å². The molecule has 3 aromatic heterocycles. The predicted molar refractivity (Wildman–Crippen MR) is 104 cm³/mol. The Balaban J connectivity index is 1.66. The number of carbonyl (C=O) groups is 2. The number of rotatable bonds is 6. The number of carbonyl (C=O) groups excluding carboxylic acids is 2. The first-order valence-corrected chi connectivity index (χ1v) is 9.02. The van der Waals surface area contributed by atoms with Gasteiger partial charge in [0.25, 0.3) is 11.8 Å². The molecule has 0 spiro atoms. The van der Waals surface area contributed by atoms with Crippen molar-refractivity contribution in [2.45, 2.75) is 18.8 Å². The third-order valence-electron chi connectivity index (χ3n) is 4.44. The first-order valence-electron chi connectivity index (χ1n) is 9.02. The van der Waals surface area contributed by atoms with Crippen LogP contribution in [0.2, 0.25) is 0 Å². The van der Waals surface area contributed by atoms with Crippen molar-refractivity contribution in [3.63, 3.8) is 0 Å². The van der Waals surface area contributed by atoms with Crippen molar-refractivity contribution in [2.75, 3.05) is 17.7 Å². The predicted octanol–water partition coefficient (Wildman–Crippen LogP) is 1.23. The molecule has 4 rings (SSSR count). The van der Waals surface area contributed by atoms with Crippen LogP contribution < -0.4 is 16.0 Å². The summed E-state index contributed by atoms with van der Waals surface area (Å²) in [5.41, 5.74) is 1.38. The van der Waals surface area contributed by atoms with Gasteiger partial charge in [-0.15, -0.1) is 0 Å². The normalized spacial score (nSPS) is 13.0. The zero-order valence-electron chi connectivity index (χ0n) is 15.9. The molecule has 0 saturated heterocycles. The Morgan fingerprint density at radius 2 is 1.93 bits per heavy atom. The molecule has 29 heavy (non-hydrogen) atoms. The number of anilines is 3. The van der Waals surface area contributed by atoms with Crippen molar-refractivity contribution in [3.05, 3.63) is 48.1 Å². The van der Waals surface area contributed by atoms with Crippen molar-refractivity contribution in [2.24, 2.45) is 7.05 Å². The smallest absolute Gasteiger partial charge is 0.278 e. The van der Waals surface area contributed by atoms with Gasteiger partial charge in [-0.2, -0.15) is 5.10 Å². The van der Waals surface area contributed by atoms with Crippen molar-refractivity contribution < 1.29 is 9.59 Å². The van der Waals surface area contributed by atoms with E-state index in [1.165, 1.54) is 30.3 Å². The van der Waals surface area contributed by atoms with Gasteiger partial charge in [-0.25, -0.2) is 15.0 Å². The highest BCUT2D eigenvalue weighted by molar-refractivity contribution is 6.09. The van der Waals surface area contributed by atoms with Gasteiger partial charge in [0.1, 0.15) is 11.5 Å². The van der Waals surface area contributed by atoms with Crippen LogP contribution in [0.15, 0.2) is 31.0 Å². The second kappa shape index (κ2) is 7.62. The molecule has 1 fully saturated rings. The van der Waals surface area contributed by atoms with E-state index in [0.29, 0.717) is 11.7 Å². The maximum atomic E-state index is 13.0. The number of nitrogens with one attached hydrogen (secondary N) is 3. The average Bonchev–Trinajstić information content (AvgIpc) is 3.52. The second-order valence-corrected chi connectivity index (χ2v) is 6.55. The van der Waals surface area contributed by atoms with Crippen LogP contribution in [0.25, 0.3) is 0 Å². The lowest BCUT2D eigenvalue weighted by molar-refractivity contribution is 0.0954. The molecular weight excluding hydrogens is 374 g/mol. The molecular formula is C18H19N9O2. The van der Waals surface area contributed by atoms with E-state index in [1.807, 2.05) is 0 Å². The van der Waals surface area contributed by atoms with Gasteiger partial charge in [-0.3, -0.25) is 19.3 Å². The van der Waals surface area contributed by atoms with E-state index in [0.717, 1.165) is 18.5 Å². The highest BCUT2D eigenvalue weighted by Crippen LogP contribution is 2.39. The van der Waals surface area contributed by atoms with E-state index in [9.17, 15) is 9.59 Å². The number of hydrogen-bond donors (Lipinski definition) is 3. The van der Waals surface area contributed by atoms with Crippen LogP contribution in [0, 0.1) is 0 Å². The molecule has 0 aromatic carbocycles. The molecule has 11 heteroatoms. The summed E-state index contributed by atoms with van der Waals surface area (Å²) in [5.74, 6) is 0.125. The van der Waals surface area contributed by atoms with Crippen LogP contribution in [0.4, 0.5) is 17.3 Å². The Kier molecular flexibility index (Phi) is 4.85. The molecule has 0 atom stereocenters. The van der Waals surface area contributed by atoms with Crippen molar-refractivity contribution in [3.8, 4) is 0 Å². The van der Waals surface area contributed by atoms with E-state index < -0.39 is 5.91 Å². The molecule has 1 aliphatic rings. The van der Waals surface area contributed by atoms with E-state index in [4.69, 9.17) is 0 Å². The number of amides is 2. The molecule has 3 heterocycles. The summed E-state index contributed by atoms with van der Waals surface area (Å²) < 4.78 is 1.39. The van der Waals surface area contributed by atoms with Gasteiger partial charge in [0.05, 0.1) is 30.0 Å². The van der Waals surface area contributed by atoms with Gasteiger partial charge in [-0.1, -0.05) is 0 Å². The summed E-state index contributed by atoms with van der Waals surface area (Å²) in [6, 6.07) is 0. The standard InChI is InChI=1S/C18H19N9O2/c1-19-18(29)15-12(8-23-27(15)2)25-17(28)14-16(26-13-9-20-5-6-21-13)22-7-11(24-14)10-3-4-10/h5-10H,3-4H2,1-2H3,(H,19,29)(H,25,28)(H,21,22,26). The van der Waals surface area contributed by atoms with Crippen molar-refractivity contribution in [1.82, 2.24) is 35.0 Å². The number of aryl methyl sites for hydroxylation is 1. The lowest BCUT2D eigenvalue weighted by atomic mass is 10.2. The number of aromatic nitrogens is 6. The van der Waals surface area contributed by atoms with Crippen LogP contribution in [0.3, 0.4) is 0 Å². The minimum atomic E-state index is -0.510. The van der Waals surface area contributed by atoms with Gasteiger partial charge in [-0.05, 0) is 12.8 Å². The van der Waals surface area contributed by atoms with Gasteiger partial charge >= 0.3 is 0 Å². The molecule has 0 bridgehead atoms. The lowest BCUT2D eigenvalue weighted by Gasteiger charge is -2.11. The van der Waals surface area contributed by atoms with Crippen molar-refractivity contribution >= 4 is 29.1 Å². The fourth-order valence-corrected chi connectivity index (χ4v) is 2.81. The topological polar surface area (TPSA) is 140 Å². The fraction of sp³-hybridized carbons (Fsp3) is 0.278. The van der Waals surface area contributed by atoms with E-state index in [1.54, 1.807) is 19.4 Å². The Labute approximate surface area is 166 Å². The maximum absolute atomic E-state index is 13.0. The summed E-state index contributed by atoms with van der Waals surface area (Å²) >= 11 is 0. The largest absolute Gasteiger partial charge is 0.354 e. The third-order valence-corrected chi connectivity index (χ3v) is 4.44. The molecule has 3 N–H and O–H groups in total. The van der Waals surface area contributed by atoms with E-state index in [2.05, 4.69) is 41.0 Å². The third kappa shape index (κ3) is 3.88. The summed E-state index contributed by atoms with van der Waals surface area (Å²) in [5, 5.41) is 12.3. The molecule has 3 aromatic rings. The first kappa shape index (κ1) is 18.5. The molecule has 1 aliphatic carbocycles. The first-order chi connectivity index (χ1) is 14.1. The number of nitrogens with zero attached hydrogens (tertiary/aromatic N) is 6. The molecule has 0 aliphatic heterocycles. The fourth-order valence-electron chi connectivity index (χ4n) is 2.81. The van der Waals surface area contributed by atoms with Crippen LogP contribution in [0.5, 0.6) is 0 Å². The molecule has 11 nitrogen and oxygen atoms in total. The Morgan fingerprint density at radius 1 is 1.10 bits per heavy atom. The Hall–Kier alpha value is -3.89. The van der Waals surface area contributed by atoms with E-state index >= 15 is 0 Å². The van der Waals surface area contributed by atoms with Gasteiger partial charge in [0.2, 0.25) is 0 Å². The maximum Gasteiger partial charge on any atom is 0.278 e. The summed E-state index contributed by atoms with van der Waals surface area (Å²) in [4.78, 5) is 42.2. The SMILES string of the molecule is CNC(=O)c1c(NC(=O)c2nc(C3CC3)cnc2Nc2cnccn2)cnn1C. The Bertz CT molecular complexity index is 1060. The average molecular weight is 393 g/mol. The highest BCUT2D eigenvalue weighted by atomic mass is 16.2. The molecule has 0 radical (unpaired) electrons. The minimum Gasteiger partial charge on any atom is -0.354 e. The molecule has 0 unspecified atom stereocenters. The van der Waals surface area contributed by atoms with Crippen LogP contribution in [-0.2, 0) is 7.05 Å². The van der Waals surface area contributed by atoms with Gasteiger partial charge in [0, 0.05) is 32.4 Å². The quantitative estimate of drug-likeness (QED) is 0.568. The highest BCUT2D eigenvalue weighted by Gasteiger charge is 2.28. The van der Waals surface area contributed by atoms with Crippen LogP contribution >= 0.6 is 0 Å². The minimum absolute atomic E-state index is 0.103. The van der Waals surface area contributed by atoms with E-state index in [-0.39, 0.29) is 28.8 Å². The second-order valence-electron chi connectivity index (χ2n) is 6.55. The molecule has 148 valence electrons. The summed E-state index contributed by atoms with van der Waals surface area (Å²) in [6.07, 6.45) is 9.71. The number of hydrogen-bond acceptors (Lipinski definition) is 8. The van der Waals surface area contributed by atoms with Gasteiger partial charge < -0.3 is 16.0 Å².